The molecule has 0 unspecified atom stereocenters. The van der Waals surface area contributed by atoms with Crippen LogP contribution in [0.2, 0.25) is 0 Å². The van der Waals surface area contributed by atoms with Crippen LogP contribution in [-0.4, -0.2) is 49.9 Å². The molecule has 0 N–H and O–H groups in total. The van der Waals surface area contributed by atoms with Crippen LogP contribution >= 0.6 is 0 Å². The van der Waals surface area contributed by atoms with Gasteiger partial charge in [-0.05, 0) is 32.6 Å². The summed E-state index contributed by atoms with van der Waals surface area (Å²) in [5.41, 5.74) is 3.61. The van der Waals surface area contributed by atoms with E-state index < -0.39 is 0 Å². The van der Waals surface area contributed by atoms with Gasteiger partial charge in [-0.2, -0.15) is 0 Å². The van der Waals surface area contributed by atoms with Gasteiger partial charge in [0.25, 0.3) is 0 Å². The lowest BCUT2D eigenvalue weighted by atomic mass is 10.1. The first kappa shape index (κ1) is 17.7. The molecule has 0 saturated carbocycles. The molecule has 2 aromatic rings. The summed E-state index contributed by atoms with van der Waals surface area (Å²) in [6, 6.07) is 12.4. The molecular weight excluding hydrogens is 314 g/mol. The summed E-state index contributed by atoms with van der Waals surface area (Å²) in [6.45, 7) is 5.14. The molecule has 3 rings (SSSR count). The zero-order chi connectivity index (χ0) is 17.6. The van der Waals surface area contributed by atoms with Gasteiger partial charge in [0, 0.05) is 36.5 Å². The Balaban J connectivity index is 1.60. The SMILES string of the molecule is Cc1ccc(O[C@H]2CCN(c3ccccc3COCN(C)C)C2)nc1. The van der Waals surface area contributed by atoms with Crippen LogP contribution in [0.3, 0.4) is 0 Å². The fraction of sp³-hybridized carbons (Fsp3) is 0.450. The molecule has 5 heteroatoms. The van der Waals surface area contributed by atoms with Crippen LogP contribution in [-0.2, 0) is 11.3 Å². The molecule has 25 heavy (non-hydrogen) atoms. The lowest BCUT2D eigenvalue weighted by Gasteiger charge is -2.22. The average molecular weight is 341 g/mol. The first-order chi connectivity index (χ1) is 12.1. The van der Waals surface area contributed by atoms with Crippen molar-refractivity contribution in [2.24, 2.45) is 0 Å². The number of ether oxygens (including phenoxy) is 2. The van der Waals surface area contributed by atoms with E-state index >= 15 is 0 Å². The quantitative estimate of drug-likeness (QED) is 0.724. The van der Waals surface area contributed by atoms with Crippen molar-refractivity contribution in [3.63, 3.8) is 0 Å². The molecule has 0 amide bonds. The Labute approximate surface area is 150 Å². The Kier molecular flexibility index (Phi) is 5.89. The Morgan fingerprint density at radius 3 is 2.80 bits per heavy atom. The Hall–Kier alpha value is -2.11. The summed E-state index contributed by atoms with van der Waals surface area (Å²) in [5.74, 6) is 0.708. The molecule has 1 aromatic heterocycles. The number of aromatic nitrogens is 1. The maximum absolute atomic E-state index is 6.04. The van der Waals surface area contributed by atoms with Gasteiger partial charge in [-0.25, -0.2) is 4.98 Å². The van der Waals surface area contributed by atoms with Crippen LogP contribution in [0.1, 0.15) is 17.5 Å². The Morgan fingerprint density at radius 1 is 1.20 bits per heavy atom. The molecule has 1 aliphatic rings. The maximum Gasteiger partial charge on any atom is 0.213 e. The van der Waals surface area contributed by atoms with Crippen LogP contribution in [0.15, 0.2) is 42.6 Å². The molecule has 0 aliphatic carbocycles. The lowest BCUT2D eigenvalue weighted by Crippen LogP contribution is -2.25. The average Bonchev–Trinajstić information content (AvgIpc) is 3.05. The lowest BCUT2D eigenvalue weighted by molar-refractivity contribution is 0.0452. The molecule has 1 aromatic carbocycles. The Morgan fingerprint density at radius 2 is 2.04 bits per heavy atom. The summed E-state index contributed by atoms with van der Waals surface area (Å²) in [4.78, 5) is 8.76. The smallest absolute Gasteiger partial charge is 0.213 e. The van der Waals surface area contributed by atoms with E-state index in [0.29, 0.717) is 19.2 Å². The maximum atomic E-state index is 6.04. The molecule has 0 radical (unpaired) electrons. The zero-order valence-electron chi connectivity index (χ0n) is 15.3. The molecule has 1 saturated heterocycles. The third-order valence-corrected chi connectivity index (χ3v) is 4.26. The van der Waals surface area contributed by atoms with E-state index in [0.717, 1.165) is 25.1 Å². The molecular formula is C20H27N3O2. The molecule has 1 aliphatic heterocycles. The second kappa shape index (κ2) is 8.32. The normalized spacial score (nSPS) is 17.3. The molecule has 134 valence electrons. The summed E-state index contributed by atoms with van der Waals surface area (Å²) >= 11 is 0. The minimum Gasteiger partial charge on any atom is -0.472 e. The summed E-state index contributed by atoms with van der Waals surface area (Å²) in [5, 5.41) is 0. The molecule has 2 heterocycles. The Bertz CT molecular complexity index is 673. The van der Waals surface area contributed by atoms with Crippen molar-refractivity contribution in [1.29, 1.82) is 0 Å². The molecule has 0 bridgehead atoms. The number of pyridine rings is 1. The fourth-order valence-corrected chi connectivity index (χ4v) is 3.02. The number of nitrogens with zero attached hydrogens (tertiary/aromatic N) is 3. The van der Waals surface area contributed by atoms with Gasteiger partial charge in [-0.15, -0.1) is 0 Å². The predicted molar refractivity (Wildman–Crippen MR) is 100 cm³/mol. The highest BCUT2D eigenvalue weighted by atomic mass is 16.5. The van der Waals surface area contributed by atoms with Crippen molar-refractivity contribution in [3.05, 3.63) is 53.7 Å². The van der Waals surface area contributed by atoms with Gasteiger partial charge in [-0.3, -0.25) is 4.90 Å². The summed E-state index contributed by atoms with van der Waals surface area (Å²) in [7, 11) is 4.01. The molecule has 1 fully saturated rings. The van der Waals surface area contributed by atoms with Gasteiger partial charge in [0.1, 0.15) is 6.10 Å². The van der Waals surface area contributed by atoms with Gasteiger partial charge >= 0.3 is 0 Å². The van der Waals surface area contributed by atoms with Crippen molar-refractivity contribution in [3.8, 4) is 5.88 Å². The van der Waals surface area contributed by atoms with Gasteiger partial charge in [0.15, 0.2) is 0 Å². The first-order valence-electron chi connectivity index (χ1n) is 8.76. The van der Waals surface area contributed by atoms with E-state index in [9.17, 15) is 0 Å². The van der Waals surface area contributed by atoms with Crippen LogP contribution in [0.4, 0.5) is 5.69 Å². The monoisotopic (exact) mass is 341 g/mol. The molecule has 5 nitrogen and oxygen atoms in total. The summed E-state index contributed by atoms with van der Waals surface area (Å²) in [6.07, 6.45) is 3.02. The number of aryl methyl sites for hydroxylation is 1. The van der Waals surface area contributed by atoms with E-state index in [1.165, 1.54) is 11.3 Å². The van der Waals surface area contributed by atoms with Crippen molar-refractivity contribution in [1.82, 2.24) is 9.88 Å². The van der Waals surface area contributed by atoms with E-state index in [1.807, 2.05) is 44.2 Å². The third kappa shape index (κ3) is 4.94. The first-order valence-corrected chi connectivity index (χ1v) is 8.76. The third-order valence-electron chi connectivity index (χ3n) is 4.26. The van der Waals surface area contributed by atoms with E-state index in [2.05, 4.69) is 34.1 Å². The minimum absolute atomic E-state index is 0.172. The summed E-state index contributed by atoms with van der Waals surface area (Å²) < 4.78 is 11.8. The highest BCUT2D eigenvalue weighted by Crippen LogP contribution is 2.27. The van der Waals surface area contributed by atoms with E-state index in [4.69, 9.17) is 9.47 Å². The van der Waals surface area contributed by atoms with Gasteiger partial charge < -0.3 is 14.4 Å². The van der Waals surface area contributed by atoms with Crippen LogP contribution in [0.25, 0.3) is 0 Å². The van der Waals surface area contributed by atoms with Crippen molar-refractivity contribution in [2.75, 3.05) is 38.8 Å². The minimum atomic E-state index is 0.172. The number of hydrogen-bond acceptors (Lipinski definition) is 5. The van der Waals surface area contributed by atoms with Crippen LogP contribution in [0.5, 0.6) is 5.88 Å². The number of para-hydroxylation sites is 1. The standard InChI is InChI=1S/C20H27N3O2/c1-16-8-9-20(21-12-16)25-18-10-11-23(13-18)19-7-5-4-6-17(19)14-24-15-22(2)3/h4-9,12,18H,10-11,13-15H2,1-3H3/t18-/m0/s1. The van der Waals surface area contributed by atoms with Crippen LogP contribution < -0.4 is 9.64 Å². The van der Waals surface area contributed by atoms with Gasteiger partial charge in [0.05, 0.1) is 19.9 Å². The predicted octanol–water partition coefficient (Wildman–Crippen LogP) is 3.08. The van der Waals surface area contributed by atoms with Crippen molar-refractivity contribution in [2.45, 2.75) is 26.1 Å². The highest BCUT2D eigenvalue weighted by Gasteiger charge is 2.25. The number of benzene rings is 1. The van der Waals surface area contributed by atoms with Crippen molar-refractivity contribution < 1.29 is 9.47 Å². The van der Waals surface area contributed by atoms with E-state index in [-0.39, 0.29) is 6.10 Å². The fourth-order valence-electron chi connectivity index (χ4n) is 3.02. The van der Waals surface area contributed by atoms with Gasteiger partial charge in [0.2, 0.25) is 5.88 Å². The highest BCUT2D eigenvalue weighted by molar-refractivity contribution is 5.54. The zero-order valence-corrected chi connectivity index (χ0v) is 15.3. The second-order valence-corrected chi connectivity index (χ2v) is 6.83. The van der Waals surface area contributed by atoms with Crippen LogP contribution in [0, 0.1) is 6.92 Å². The topological polar surface area (TPSA) is 37.8 Å². The number of rotatable bonds is 7. The largest absolute Gasteiger partial charge is 0.472 e. The van der Waals surface area contributed by atoms with E-state index in [1.54, 1.807) is 0 Å². The second-order valence-electron chi connectivity index (χ2n) is 6.83. The van der Waals surface area contributed by atoms with Gasteiger partial charge in [-0.1, -0.05) is 24.3 Å². The van der Waals surface area contributed by atoms with Crippen molar-refractivity contribution >= 4 is 5.69 Å². The molecule has 0 spiro atoms. The number of anilines is 1. The molecule has 1 atom stereocenters. The number of hydrogen-bond donors (Lipinski definition) is 0.